The monoisotopic (exact) mass is 272 g/mol. The quantitative estimate of drug-likeness (QED) is 0.844. The molecule has 0 amide bonds. The Morgan fingerprint density at radius 1 is 1.20 bits per heavy atom. The van der Waals surface area contributed by atoms with Crippen molar-refractivity contribution in [1.29, 1.82) is 0 Å². The summed E-state index contributed by atoms with van der Waals surface area (Å²) in [5.74, 6) is 0. The number of nitrogens with one attached hydrogen (secondary N) is 1. The molecule has 0 spiro atoms. The van der Waals surface area contributed by atoms with Crippen LogP contribution in [0.1, 0.15) is 44.4 Å². The highest BCUT2D eigenvalue weighted by atomic mass is 15.2. The van der Waals surface area contributed by atoms with E-state index in [9.17, 15) is 0 Å². The number of hydrogen-bond donors (Lipinski definition) is 1. The van der Waals surface area contributed by atoms with E-state index in [0.717, 1.165) is 32.6 Å². The van der Waals surface area contributed by atoms with Gasteiger partial charge in [0.25, 0.3) is 0 Å². The molecule has 2 nitrogen and oxygen atoms in total. The molecule has 1 aromatic carbocycles. The molecule has 110 valence electrons. The summed E-state index contributed by atoms with van der Waals surface area (Å²) in [6.45, 7) is 15.2. The van der Waals surface area contributed by atoms with Gasteiger partial charge in [0.2, 0.25) is 0 Å². The lowest BCUT2D eigenvalue weighted by Gasteiger charge is -2.35. The van der Waals surface area contributed by atoms with Gasteiger partial charge >= 0.3 is 0 Å². The zero-order chi connectivity index (χ0) is 14.6. The average Bonchev–Trinajstić information content (AvgIpc) is 2.45. The molecule has 0 aliphatic carbocycles. The molecular formula is C18H28N2. The summed E-state index contributed by atoms with van der Waals surface area (Å²) in [6, 6.07) is 9.65. The summed E-state index contributed by atoms with van der Waals surface area (Å²) in [5, 5.41) is 3.42. The first-order chi connectivity index (χ1) is 9.52. The molecule has 1 aromatic rings. The van der Waals surface area contributed by atoms with Crippen LogP contribution in [-0.2, 0) is 5.41 Å². The Labute approximate surface area is 123 Å². The maximum Gasteiger partial charge on any atom is 0.0383 e. The van der Waals surface area contributed by atoms with Gasteiger partial charge in [-0.2, -0.15) is 0 Å². The minimum atomic E-state index is 0.224. The molecule has 0 radical (unpaired) electrons. The first-order valence-corrected chi connectivity index (χ1v) is 7.68. The van der Waals surface area contributed by atoms with Gasteiger partial charge in [0, 0.05) is 32.2 Å². The van der Waals surface area contributed by atoms with Crippen LogP contribution < -0.4 is 5.32 Å². The van der Waals surface area contributed by atoms with Crippen molar-refractivity contribution in [2.45, 2.75) is 38.6 Å². The largest absolute Gasteiger partial charge is 0.314 e. The van der Waals surface area contributed by atoms with E-state index in [2.05, 4.69) is 61.8 Å². The van der Waals surface area contributed by atoms with Crippen LogP contribution in [0.3, 0.4) is 0 Å². The fourth-order valence-electron chi connectivity index (χ4n) is 2.85. The second-order valence-electron chi connectivity index (χ2n) is 6.70. The van der Waals surface area contributed by atoms with Crippen LogP contribution in [0.15, 0.2) is 36.9 Å². The van der Waals surface area contributed by atoms with Gasteiger partial charge < -0.3 is 5.32 Å². The van der Waals surface area contributed by atoms with Crippen molar-refractivity contribution < 1.29 is 0 Å². The third-order valence-corrected chi connectivity index (χ3v) is 4.14. The van der Waals surface area contributed by atoms with Crippen molar-refractivity contribution in [3.63, 3.8) is 0 Å². The van der Waals surface area contributed by atoms with E-state index in [1.165, 1.54) is 11.1 Å². The van der Waals surface area contributed by atoms with Gasteiger partial charge in [-0.1, -0.05) is 51.1 Å². The molecule has 1 saturated heterocycles. The third-order valence-electron chi connectivity index (χ3n) is 4.14. The van der Waals surface area contributed by atoms with Gasteiger partial charge in [0.15, 0.2) is 0 Å². The average molecular weight is 272 g/mol. The highest BCUT2D eigenvalue weighted by Crippen LogP contribution is 2.28. The van der Waals surface area contributed by atoms with Gasteiger partial charge in [-0.3, -0.25) is 4.90 Å². The first-order valence-electron chi connectivity index (χ1n) is 7.68. The standard InChI is InChI=1S/C18H28N2/c1-5-6-17(20-13-11-19-12-14-20)15-7-9-16(10-8-15)18(2,3)4/h5,7-10,17,19H,1,6,11-14H2,2-4H3/t17-/m0/s1. The van der Waals surface area contributed by atoms with Crippen molar-refractivity contribution in [3.05, 3.63) is 48.0 Å². The third kappa shape index (κ3) is 3.71. The zero-order valence-corrected chi connectivity index (χ0v) is 13.2. The van der Waals surface area contributed by atoms with Crippen molar-refractivity contribution in [1.82, 2.24) is 10.2 Å². The summed E-state index contributed by atoms with van der Waals surface area (Å²) in [5.41, 5.74) is 3.04. The Balaban J connectivity index is 2.18. The molecule has 0 bridgehead atoms. The molecule has 1 aliphatic rings. The van der Waals surface area contributed by atoms with E-state index >= 15 is 0 Å². The first kappa shape index (κ1) is 15.3. The lowest BCUT2D eigenvalue weighted by atomic mass is 9.86. The van der Waals surface area contributed by atoms with Crippen LogP contribution in [0.4, 0.5) is 0 Å². The SMILES string of the molecule is C=CC[C@@H](c1ccc(C(C)(C)C)cc1)N1CCNCC1. The van der Waals surface area contributed by atoms with E-state index in [4.69, 9.17) is 0 Å². The number of piperazine rings is 1. The maximum atomic E-state index is 3.94. The van der Waals surface area contributed by atoms with Crippen LogP contribution >= 0.6 is 0 Å². The topological polar surface area (TPSA) is 15.3 Å². The maximum absolute atomic E-state index is 3.94. The molecule has 0 unspecified atom stereocenters. The molecular weight excluding hydrogens is 244 g/mol. The molecule has 20 heavy (non-hydrogen) atoms. The molecule has 0 aromatic heterocycles. The molecule has 1 aliphatic heterocycles. The van der Waals surface area contributed by atoms with E-state index in [0.29, 0.717) is 6.04 Å². The number of hydrogen-bond acceptors (Lipinski definition) is 2. The minimum absolute atomic E-state index is 0.224. The Hall–Kier alpha value is -1.12. The number of rotatable bonds is 4. The number of benzene rings is 1. The lowest BCUT2D eigenvalue weighted by Crippen LogP contribution is -2.45. The lowest BCUT2D eigenvalue weighted by molar-refractivity contribution is 0.174. The van der Waals surface area contributed by atoms with E-state index < -0.39 is 0 Å². The second kappa shape index (κ2) is 6.55. The summed E-state index contributed by atoms with van der Waals surface area (Å²) < 4.78 is 0. The molecule has 1 atom stereocenters. The second-order valence-corrected chi connectivity index (χ2v) is 6.70. The molecule has 2 rings (SSSR count). The molecule has 1 N–H and O–H groups in total. The highest BCUT2D eigenvalue weighted by Gasteiger charge is 2.21. The van der Waals surface area contributed by atoms with Crippen molar-refractivity contribution >= 4 is 0 Å². The van der Waals surface area contributed by atoms with Gasteiger partial charge in [-0.15, -0.1) is 6.58 Å². The van der Waals surface area contributed by atoms with Gasteiger partial charge in [-0.05, 0) is 23.0 Å². The Morgan fingerprint density at radius 3 is 2.30 bits per heavy atom. The summed E-state index contributed by atoms with van der Waals surface area (Å²) in [4.78, 5) is 2.57. The normalized spacial score (nSPS) is 18.8. The van der Waals surface area contributed by atoms with Crippen LogP contribution in [0, 0.1) is 0 Å². The summed E-state index contributed by atoms with van der Waals surface area (Å²) >= 11 is 0. The van der Waals surface area contributed by atoms with Crippen LogP contribution in [0.25, 0.3) is 0 Å². The summed E-state index contributed by atoms with van der Waals surface area (Å²) in [7, 11) is 0. The molecule has 1 heterocycles. The highest BCUT2D eigenvalue weighted by molar-refractivity contribution is 5.29. The van der Waals surface area contributed by atoms with Crippen molar-refractivity contribution in [2.24, 2.45) is 0 Å². The fourth-order valence-corrected chi connectivity index (χ4v) is 2.85. The molecule has 0 saturated carbocycles. The fraction of sp³-hybridized carbons (Fsp3) is 0.556. The van der Waals surface area contributed by atoms with Gasteiger partial charge in [0.1, 0.15) is 0 Å². The van der Waals surface area contributed by atoms with Crippen LogP contribution in [-0.4, -0.2) is 31.1 Å². The van der Waals surface area contributed by atoms with Crippen molar-refractivity contribution in [3.8, 4) is 0 Å². The van der Waals surface area contributed by atoms with E-state index in [1.807, 2.05) is 6.08 Å². The minimum Gasteiger partial charge on any atom is -0.314 e. The van der Waals surface area contributed by atoms with Crippen molar-refractivity contribution in [2.75, 3.05) is 26.2 Å². The predicted molar refractivity (Wildman–Crippen MR) is 87.1 cm³/mol. The predicted octanol–water partition coefficient (Wildman–Crippen LogP) is 3.51. The summed E-state index contributed by atoms with van der Waals surface area (Å²) in [6.07, 6.45) is 3.07. The van der Waals surface area contributed by atoms with Gasteiger partial charge in [0.05, 0.1) is 0 Å². The Bertz CT molecular complexity index is 422. The van der Waals surface area contributed by atoms with E-state index in [-0.39, 0.29) is 5.41 Å². The van der Waals surface area contributed by atoms with Gasteiger partial charge in [-0.25, -0.2) is 0 Å². The Morgan fingerprint density at radius 2 is 1.80 bits per heavy atom. The molecule has 1 fully saturated rings. The van der Waals surface area contributed by atoms with Crippen LogP contribution in [0.2, 0.25) is 0 Å². The molecule has 2 heteroatoms. The van der Waals surface area contributed by atoms with Crippen LogP contribution in [0.5, 0.6) is 0 Å². The number of nitrogens with zero attached hydrogens (tertiary/aromatic N) is 1. The van der Waals surface area contributed by atoms with E-state index in [1.54, 1.807) is 0 Å². The Kier molecular flexibility index (Phi) is 5.00. The smallest absolute Gasteiger partial charge is 0.0383 e. The zero-order valence-electron chi connectivity index (χ0n) is 13.2.